The molecule has 0 aliphatic carbocycles. The second-order valence-electron chi connectivity index (χ2n) is 7.30. The Morgan fingerprint density at radius 2 is 2.00 bits per heavy atom. The molecule has 2 aromatic carbocycles. The number of nitrogens with one attached hydrogen (secondary N) is 1. The van der Waals surface area contributed by atoms with Gasteiger partial charge >= 0.3 is 6.09 Å². The summed E-state index contributed by atoms with van der Waals surface area (Å²) in [5.74, 6) is 0.0144. The van der Waals surface area contributed by atoms with Crippen molar-refractivity contribution in [3.8, 4) is 0 Å². The van der Waals surface area contributed by atoms with Crippen LogP contribution in [0.15, 0.2) is 53.1 Å². The van der Waals surface area contributed by atoms with E-state index in [1.165, 1.54) is 12.1 Å². The summed E-state index contributed by atoms with van der Waals surface area (Å²) in [6.45, 7) is 3.18. The number of aromatic nitrogens is 1. The van der Waals surface area contributed by atoms with Gasteiger partial charge in [-0.25, -0.2) is 9.18 Å². The zero-order valence-electron chi connectivity index (χ0n) is 16.1. The Labute approximate surface area is 168 Å². The molecule has 0 radical (unpaired) electrons. The zero-order valence-corrected chi connectivity index (χ0v) is 16.1. The Morgan fingerprint density at radius 1 is 1.21 bits per heavy atom. The Hall–Kier alpha value is -2.93. The molecule has 0 bridgehead atoms. The summed E-state index contributed by atoms with van der Waals surface area (Å²) in [6.07, 6.45) is 2.33. The Morgan fingerprint density at radius 3 is 2.79 bits per heavy atom. The largest absolute Gasteiger partial charge is 0.449 e. The number of hydrogen-bond acceptors (Lipinski definition) is 5. The summed E-state index contributed by atoms with van der Waals surface area (Å²) in [5.41, 5.74) is 2.16. The van der Waals surface area contributed by atoms with Crippen molar-refractivity contribution in [3.05, 3.63) is 60.0 Å². The molecule has 0 atom stereocenters. The van der Waals surface area contributed by atoms with Crippen LogP contribution in [0.2, 0.25) is 0 Å². The maximum absolute atomic E-state index is 13.3. The van der Waals surface area contributed by atoms with Gasteiger partial charge in [0.05, 0.1) is 12.3 Å². The van der Waals surface area contributed by atoms with E-state index >= 15 is 0 Å². The predicted molar refractivity (Wildman–Crippen MR) is 108 cm³/mol. The first-order valence-corrected chi connectivity index (χ1v) is 9.95. The molecule has 152 valence electrons. The van der Waals surface area contributed by atoms with Crippen LogP contribution in [0, 0.1) is 5.82 Å². The fourth-order valence-electron chi connectivity index (χ4n) is 3.78. The molecule has 1 saturated heterocycles. The molecule has 4 rings (SSSR count). The number of hydrogen-bond donors (Lipinski definition) is 1. The van der Waals surface area contributed by atoms with E-state index in [0.29, 0.717) is 18.1 Å². The van der Waals surface area contributed by atoms with E-state index in [0.717, 1.165) is 55.7 Å². The number of amides is 1. The molecule has 1 aromatic heterocycles. The van der Waals surface area contributed by atoms with Crippen molar-refractivity contribution >= 4 is 22.7 Å². The van der Waals surface area contributed by atoms with Crippen molar-refractivity contribution in [2.75, 3.05) is 31.6 Å². The van der Waals surface area contributed by atoms with Crippen molar-refractivity contribution in [3.63, 3.8) is 0 Å². The summed E-state index contributed by atoms with van der Waals surface area (Å²) < 4.78 is 23.9. The van der Waals surface area contributed by atoms with Crippen LogP contribution in [-0.4, -0.2) is 42.4 Å². The standard InChI is InChI=1S/C22H24FN3O3/c23-17-7-8-19-20(15-17)29-25-21(19)16-9-12-26(13-10-16)11-4-14-28-22(27)24-18-5-2-1-3-6-18/h1-3,5-8,15-16H,4,9-14H2,(H,24,27). The van der Waals surface area contributed by atoms with Crippen LogP contribution in [0.25, 0.3) is 11.0 Å². The Bertz CT molecular complexity index is 952. The summed E-state index contributed by atoms with van der Waals surface area (Å²) >= 11 is 0. The number of anilines is 1. The molecule has 1 N–H and O–H groups in total. The minimum Gasteiger partial charge on any atom is -0.449 e. The number of ether oxygens (including phenoxy) is 1. The van der Waals surface area contributed by atoms with Crippen molar-refractivity contribution in [2.24, 2.45) is 0 Å². The lowest BCUT2D eigenvalue weighted by Gasteiger charge is -2.31. The monoisotopic (exact) mass is 397 g/mol. The van der Waals surface area contributed by atoms with Gasteiger partial charge in [0.25, 0.3) is 0 Å². The van der Waals surface area contributed by atoms with Crippen LogP contribution in [0.1, 0.15) is 30.9 Å². The number of benzene rings is 2. The third kappa shape index (κ3) is 4.92. The molecular weight excluding hydrogens is 373 g/mol. The number of halogens is 1. The molecular formula is C22H24FN3O3. The van der Waals surface area contributed by atoms with Crippen molar-refractivity contribution in [1.29, 1.82) is 0 Å². The van der Waals surface area contributed by atoms with Gasteiger partial charge in [-0.2, -0.15) is 0 Å². The van der Waals surface area contributed by atoms with Gasteiger partial charge in [-0.3, -0.25) is 5.32 Å². The minimum atomic E-state index is -0.427. The molecule has 1 aliphatic rings. The predicted octanol–water partition coefficient (Wildman–Crippen LogP) is 4.79. The number of rotatable bonds is 6. The van der Waals surface area contributed by atoms with Crippen LogP contribution in [0.3, 0.4) is 0 Å². The van der Waals surface area contributed by atoms with Gasteiger partial charge in [0.1, 0.15) is 5.82 Å². The maximum Gasteiger partial charge on any atom is 0.411 e. The number of nitrogens with zero attached hydrogens (tertiary/aromatic N) is 2. The molecule has 0 spiro atoms. The molecule has 2 heterocycles. The van der Waals surface area contributed by atoms with E-state index in [-0.39, 0.29) is 5.82 Å². The fourth-order valence-corrected chi connectivity index (χ4v) is 3.78. The summed E-state index contributed by atoms with van der Waals surface area (Å²) in [5, 5.41) is 7.80. The highest BCUT2D eigenvalue weighted by atomic mass is 19.1. The zero-order chi connectivity index (χ0) is 20.1. The lowest BCUT2D eigenvalue weighted by atomic mass is 9.91. The molecule has 6 nitrogen and oxygen atoms in total. The van der Waals surface area contributed by atoms with Gasteiger partial charge < -0.3 is 14.2 Å². The van der Waals surface area contributed by atoms with E-state index < -0.39 is 6.09 Å². The third-order valence-corrected chi connectivity index (χ3v) is 5.31. The van der Waals surface area contributed by atoms with E-state index in [1.807, 2.05) is 30.3 Å². The van der Waals surface area contributed by atoms with Crippen LogP contribution >= 0.6 is 0 Å². The second-order valence-corrected chi connectivity index (χ2v) is 7.30. The molecule has 1 aliphatic heterocycles. The average Bonchev–Trinajstić information content (AvgIpc) is 3.15. The lowest BCUT2D eigenvalue weighted by molar-refractivity contribution is 0.145. The molecule has 29 heavy (non-hydrogen) atoms. The van der Waals surface area contributed by atoms with E-state index in [2.05, 4.69) is 15.4 Å². The SMILES string of the molecule is O=C(Nc1ccccc1)OCCCN1CCC(c2noc3cc(F)ccc23)CC1. The second kappa shape index (κ2) is 9.05. The van der Waals surface area contributed by atoms with Gasteiger partial charge in [0, 0.05) is 29.6 Å². The van der Waals surface area contributed by atoms with Crippen LogP contribution in [-0.2, 0) is 4.74 Å². The average molecular weight is 397 g/mol. The van der Waals surface area contributed by atoms with Crippen LogP contribution < -0.4 is 5.32 Å². The highest BCUT2D eigenvalue weighted by molar-refractivity contribution is 5.84. The third-order valence-electron chi connectivity index (χ3n) is 5.31. The number of fused-ring (bicyclic) bond motifs is 1. The van der Waals surface area contributed by atoms with Crippen molar-refractivity contribution < 1.29 is 18.4 Å². The van der Waals surface area contributed by atoms with E-state index in [9.17, 15) is 9.18 Å². The summed E-state index contributed by atoms with van der Waals surface area (Å²) in [6, 6.07) is 13.8. The molecule has 3 aromatic rings. The fraction of sp³-hybridized carbons (Fsp3) is 0.364. The van der Waals surface area contributed by atoms with Gasteiger partial charge in [-0.05, 0) is 56.6 Å². The number of piperidine rings is 1. The van der Waals surface area contributed by atoms with Gasteiger partial charge in [0.15, 0.2) is 5.58 Å². The molecule has 1 fully saturated rings. The molecule has 7 heteroatoms. The number of para-hydroxylation sites is 1. The smallest absolute Gasteiger partial charge is 0.411 e. The van der Waals surface area contributed by atoms with Gasteiger partial charge in [-0.1, -0.05) is 23.4 Å². The highest BCUT2D eigenvalue weighted by Crippen LogP contribution is 2.32. The lowest BCUT2D eigenvalue weighted by Crippen LogP contribution is -2.34. The molecule has 1 amide bonds. The number of carbonyl (C=O) groups excluding carboxylic acids is 1. The molecule has 0 unspecified atom stereocenters. The summed E-state index contributed by atoms with van der Waals surface area (Å²) in [7, 11) is 0. The first-order valence-electron chi connectivity index (χ1n) is 9.95. The topological polar surface area (TPSA) is 67.6 Å². The first kappa shape index (κ1) is 19.4. The quantitative estimate of drug-likeness (QED) is 0.606. The van der Waals surface area contributed by atoms with Crippen molar-refractivity contribution in [2.45, 2.75) is 25.2 Å². The normalized spacial score (nSPS) is 15.5. The number of likely N-dealkylation sites (tertiary alicyclic amines) is 1. The van der Waals surface area contributed by atoms with Crippen molar-refractivity contribution in [1.82, 2.24) is 10.1 Å². The maximum atomic E-state index is 13.3. The minimum absolute atomic E-state index is 0.310. The highest BCUT2D eigenvalue weighted by Gasteiger charge is 2.25. The Balaban J connectivity index is 1.18. The van der Waals surface area contributed by atoms with E-state index in [1.54, 1.807) is 6.07 Å². The first-order chi connectivity index (χ1) is 14.2. The van der Waals surface area contributed by atoms with Crippen LogP contribution in [0.4, 0.5) is 14.9 Å². The van der Waals surface area contributed by atoms with Crippen LogP contribution in [0.5, 0.6) is 0 Å². The Kier molecular flexibility index (Phi) is 6.05. The van der Waals surface area contributed by atoms with Gasteiger partial charge in [-0.15, -0.1) is 0 Å². The summed E-state index contributed by atoms with van der Waals surface area (Å²) in [4.78, 5) is 14.2. The van der Waals surface area contributed by atoms with Gasteiger partial charge in [0.2, 0.25) is 0 Å². The molecule has 0 saturated carbocycles. The van der Waals surface area contributed by atoms with E-state index in [4.69, 9.17) is 9.26 Å². The number of carbonyl (C=O) groups is 1.